The lowest BCUT2D eigenvalue weighted by atomic mass is 9.95. The zero-order valence-electron chi connectivity index (χ0n) is 18.9. The molecule has 0 radical (unpaired) electrons. The summed E-state index contributed by atoms with van der Waals surface area (Å²) in [6.07, 6.45) is 0. The average molecular weight is 466 g/mol. The van der Waals surface area contributed by atoms with E-state index in [1.165, 1.54) is 12.0 Å². The molecule has 3 aliphatic rings. The Morgan fingerprint density at radius 2 is 1.85 bits per heavy atom. The van der Waals surface area contributed by atoms with Gasteiger partial charge in [-0.25, -0.2) is 0 Å². The van der Waals surface area contributed by atoms with Crippen LogP contribution in [-0.2, 0) is 14.3 Å². The van der Waals surface area contributed by atoms with Crippen LogP contribution in [0.2, 0.25) is 0 Å². The van der Waals surface area contributed by atoms with Crippen molar-refractivity contribution in [3.63, 3.8) is 0 Å². The lowest BCUT2D eigenvalue weighted by molar-refractivity contribution is -0.140. The number of amides is 1. The van der Waals surface area contributed by atoms with E-state index in [0.29, 0.717) is 54.7 Å². The van der Waals surface area contributed by atoms with Gasteiger partial charge in [0.15, 0.2) is 11.5 Å². The molecule has 2 fully saturated rings. The lowest BCUT2D eigenvalue weighted by Gasteiger charge is -2.31. The van der Waals surface area contributed by atoms with Crippen LogP contribution in [-0.4, -0.2) is 79.9 Å². The van der Waals surface area contributed by atoms with Crippen LogP contribution in [0, 0.1) is 0 Å². The number of methoxy groups -OCH3 is 1. The van der Waals surface area contributed by atoms with Crippen molar-refractivity contribution < 1.29 is 33.6 Å². The third kappa shape index (κ3) is 4.08. The molecule has 178 valence electrons. The predicted octanol–water partition coefficient (Wildman–Crippen LogP) is 2.18. The van der Waals surface area contributed by atoms with Gasteiger partial charge in [0, 0.05) is 31.7 Å². The fourth-order valence-electron chi connectivity index (χ4n) is 4.54. The summed E-state index contributed by atoms with van der Waals surface area (Å²) in [6, 6.07) is 11.3. The van der Waals surface area contributed by atoms with Gasteiger partial charge in [0.2, 0.25) is 6.79 Å². The number of aliphatic hydroxyl groups excluding tert-OH is 1. The smallest absolute Gasteiger partial charge is 0.295 e. The van der Waals surface area contributed by atoms with Crippen LogP contribution >= 0.6 is 0 Å². The van der Waals surface area contributed by atoms with Gasteiger partial charge in [-0.05, 0) is 29.8 Å². The van der Waals surface area contributed by atoms with Crippen LogP contribution in [0.15, 0.2) is 48.0 Å². The van der Waals surface area contributed by atoms with E-state index in [4.69, 9.17) is 18.9 Å². The molecule has 0 aromatic heterocycles. The van der Waals surface area contributed by atoms with Gasteiger partial charge in [0.1, 0.15) is 11.5 Å². The Kier molecular flexibility index (Phi) is 6.12. The fourth-order valence-corrected chi connectivity index (χ4v) is 4.54. The summed E-state index contributed by atoms with van der Waals surface area (Å²) in [5.74, 6) is 0.0730. The van der Waals surface area contributed by atoms with E-state index in [0.717, 1.165) is 13.1 Å². The number of likely N-dealkylation sites (tertiary alicyclic amines) is 1. The number of ketones is 1. The number of carbonyl (C=O) groups excluding carboxylic acids is 2. The molecule has 0 aliphatic carbocycles. The molecule has 2 aromatic rings. The molecule has 1 atom stereocenters. The number of rotatable bonds is 6. The summed E-state index contributed by atoms with van der Waals surface area (Å²) < 4.78 is 21.6. The molecule has 2 aromatic carbocycles. The second-order valence-corrected chi connectivity index (χ2v) is 8.29. The Balaban J connectivity index is 1.55. The SMILES string of the molecule is COc1cccc(C(O)=C2C(=O)C(=O)N(CCN3CCOCC3)[C@H]2c2ccc3c(c2)OCO3)c1. The van der Waals surface area contributed by atoms with E-state index in [9.17, 15) is 14.7 Å². The molecule has 0 saturated carbocycles. The molecule has 0 bridgehead atoms. The number of Topliss-reactive ketones (excluding diaryl/α,β-unsaturated/α-hetero) is 1. The summed E-state index contributed by atoms with van der Waals surface area (Å²) in [4.78, 5) is 30.1. The average Bonchev–Trinajstić information content (AvgIpc) is 3.45. The molecule has 9 heteroatoms. The summed E-state index contributed by atoms with van der Waals surface area (Å²) in [7, 11) is 1.52. The summed E-state index contributed by atoms with van der Waals surface area (Å²) in [6.45, 7) is 3.85. The van der Waals surface area contributed by atoms with Gasteiger partial charge >= 0.3 is 0 Å². The van der Waals surface area contributed by atoms with E-state index >= 15 is 0 Å². The van der Waals surface area contributed by atoms with Crippen molar-refractivity contribution in [2.45, 2.75) is 6.04 Å². The van der Waals surface area contributed by atoms with Gasteiger partial charge in [-0.15, -0.1) is 0 Å². The van der Waals surface area contributed by atoms with Gasteiger partial charge in [-0.3, -0.25) is 14.5 Å². The molecule has 3 heterocycles. The second kappa shape index (κ2) is 9.36. The predicted molar refractivity (Wildman–Crippen MR) is 122 cm³/mol. The number of carbonyl (C=O) groups is 2. The Bertz CT molecular complexity index is 1140. The first-order chi connectivity index (χ1) is 16.6. The quantitative estimate of drug-likeness (QED) is 0.393. The number of aliphatic hydroxyl groups is 1. The molecular weight excluding hydrogens is 440 g/mol. The molecule has 0 unspecified atom stereocenters. The van der Waals surface area contributed by atoms with Gasteiger partial charge < -0.3 is 29.0 Å². The Labute approximate surface area is 197 Å². The maximum absolute atomic E-state index is 13.2. The normalized spacial score (nSPS) is 21.8. The largest absolute Gasteiger partial charge is 0.507 e. The highest BCUT2D eigenvalue weighted by molar-refractivity contribution is 6.46. The van der Waals surface area contributed by atoms with Crippen LogP contribution in [0.4, 0.5) is 0 Å². The van der Waals surface area contributed by atoms with Crippen molar-refractivity contribution >= 4 is 17.4 Å². The molecule has 2 saturated heterocycles. The van der Waals surface area contributed by atoms with Crippen molar-refractivity contribution in [3.05, 3.63) is 59.2 Å². The van der Waals surface area contributed by atoms with Gasteiger partial charge in [0.25, 0.3) is 11.7 Å². The minimum atomic E-state index is -0.762. The highest BCUT2D eigenvalue weighted by atomic mass is 16.7. The molecule has 0 spiro atoms. The first-order valence-electron chi connectivity index (χ1n) is 11.2. The summed E-state index contributed by atoms with van der Waals surface area (Å²) in [5, 5.41) is 11.2. The van der Waals surface area contributed by atoms with E-state index in [1.807, 2.05) is 0 Å². The van der Waals surface area contributed by atoms with Gasteiger partial charge in [-0.1, -0.05) is 18.2 Å². The Morgan fingerprint density at radius 1 is 1.06 bits per heavy atom. The molecule has 34 heavy (non-hydrogen) atoms. The van der Waals surface area contributed by atoms with Crippen LogP contribution in [0.5, 0.6) is 17.2 Å². The van der Waals surface area contributed by atoms with Gasteiger partial charge in [-0.2, -0.15) is 0 Å². The molecule has 1 amide bonds. The molecule has 3 aliphatic heterocycles. The van der Waals surface area contributed by atoms with E-state index in [1.54, 1.807) is 42.5 Å². The second-order valence-electron chi connectivity index (χ2n) is 8.29. The minimum absolute atomic E-state index is 0.0408. The van der Waals surface area contributed by atoms with E-state index in [2.05, 4.69) is 4.90 Å². The van der Waals surface area contributed by atoms with E-state index in [-0.39, 0.29) is 18.1 Å². The van der Waals surface area contributed by atoms with Crippen molar-refractivity contribution in [2.75, 3.05) is 53.3 Å². The topological polar surface area (TPSA) is 97.8 Å². The number of hydrogen-bond acceptors (Lipinski definition) is 8. The molecule has 5 rings (SSSR count). The number of hydrogen-bond donors (Lipinski definition) is 1. The van der Waals surface area contributed by atoms with Crippen molar-refractivity contribution in [3.8, 4) is 17.2 Å². The summed E-state index contributed by atoms with van der Waals surface area (Å²) >= 11 is 0. The Morgan fingerprint density at radius 3 is 2.65 bits per heavy atom. The number of nitrogens with zero attached hydrogens (tertiary/aromatic N) is 2. The minimum Gasteiger partial charge on any atom is -0.507 e. The first-order valence-corrected chi connectivity index (χ1v) is 11.2. The van der Waals surface area contributed by atoms with Crippen LogP contribution in [0.25, 0.3) is 5.76 Å². The number of morpholine rings is 1. The summed E-state index contributed by atoms with van der Waals surface area (Å²) in [5.41, 5.74) is 1.10. The van der Waals surface area contributed by atoms with Crippen molar-refractivity contribution in [2.24, 2.45) is 0 Å². The highest BCUT2D eigenvalue weighted by Gasteiger charge is 2.46. The van der Waals surface area contributed by atoms with Crippen LogP contribution in [0.1, 0.15) is 17.2 Å². The zero-order valence-corrected chi connectivity index (χ0v) is 18.9. The van der Waals surface area contributed by atoms with Crippen molar-refractivity contribution in [1.82, 2.24) is 9.80 Å². The number of benzene rings is 2. The zero-order chi connectivity index (χ0) is 23.7. The fraction of sp³-hybridized carbons (Fsp3) is 0.360. The third-order valence-electron chi connectivity index (χ3n) is 6.36. The van der Waals surface area contributed by atoms with Crippen LogP contribution in [0.3, 0.4) is 0 Å². The number of ether oxygens (including phenoxy) is 4. The number of fused-ring (bicyclic) bond motifs is 1. The molecule has 9 nitrogen and oxygen atoms in total. The monoisotopic (exact) mass is 466 g/mol. The standard InChI is InChI=1S/C25H26N2O7/c1-31-18-4-2-3-17(13-18)23(28)21-22(16-5-6-19-20(14-16)34-15-33-19)27(25(30)24(21)29)8-7-26-9-11-32-12-10-26/h2-6,13-14,22,28H,7-12,15H2,1H3/t22-/m0/s1. The van der Waals surface area contributed by atoms with Crippen molar-refractivity contribution in [1.29, 1.82) is 0 Å². The maximum atomic E-state index is 13.2. The molecule has 1 N–H and O–H groups in total. The maximum Gasteiger partial charge on any atom is 0.295 e. The third-order valence-corrected chi connectivity index (χ3v) is 6.36. The Hall–Kier alpha value is -3.56. The highest BCUT2D eigenvalue weighted by Crippen LogP contribution is 2.43. The molecular formula is C25H26N2O7. The van der Waals surface area contributed by atoms with Crippen LogP contribution < -0.4 is 14.2 Å². The van der Waals surface area contributed by atoms with E-state index < -0.39 is 17.7 Å². The first kappa shape index (κ1) is 22.2. The van der Waals surface area contributed by atoms with Gasteiger partial charge in [0.05, 0.1) is 31.9 Å². The lowest BCUT2D eigenvalue weighted by Crippen LogP contribution is -2.42.